The first kappa shape index (κ1) is 11.9. The average Bonchev–Trinajstić information content (AvgIpc) is 2.33. The molecule has 0 radical (unpaired) electrons. The van der Waals surface area contributed by atoms with Crippen molar-refractivity contribution in [1.29, 1.82) is 0 Å². The molecule has 3 nitrogen and oxygen atoms in total. The van der Waals surface area contributed by atoms with Gasteiger partial charge in [-0.15, -0.1) is 0 Å². The highest BCUT2D eigenvalue weighted by Crippen LogP contribution is 2.26. The quantitative estimate of drug-likeness (QED) is 0.768. The van der Waals surface area contributed by atoms with Gasteiger partial charge in [0.25, 0.3) is 0 Å². The highest BCUT2D eigenvalue weighted by atomic mass is 16.1. The van der Waals surface area contributed by atoms with Gasteiger partial charge in [0, 0.05) is 25.0 Å². The van der Waals surface area contributed by atoms with E-state index < -0.39 is 0 Å². The first-order valence-electron chi connectivity index (χ1n) is 6.78. The van der Waals surface area contributed by atoms with Crippen LogP contribution in [0.4, 0.5) is 0 Å². The number of carbonyl (C=O) groups is 1. The fourth-order valence-corrected chi connectivity index (χ4v) is 3.02. The Morgan fingerprint density at radius 1 is 1.25 bits per heavy atom. The minimum absolute atomic E-state index is 0.211. The zero-order valence-corrected chi connectivity index (χ0v) is 10.3. The van der Waals surface area contributed by atoms with Crippen molar-refractivity contribution in [3.63, 3.8) is 0 Å². The molecule has 1 aliphatic heterocycles. The molecule has 92 valence electrons. The Kier molecular flexibility index (Phi) is 4.22. The Hall–Kier alpha value is -0.570. The molecule has 2 fully saturated rings. The monoisotopic (exact) mass is 224 g/mol. The second kappa shape index (κ2) is 5.67. The Balaban J connectivity index is 1.73. The standard InChI is InChI=1S/C13H24N2O/c1-10(11-5-3-2-4-6-11)15-12-7-8-13(16)14-9-12/h10-12,15H,2-9H2,1H3,(H,14,16). The zero-order valence-electron chi connectivity index (χ0n) is 10.3. The van der Waals surface area contributed by atoms with Crippen molar-refractivity contribution < 1.29 is 4.79 Å². The summed E-state index contributed by atoms with van der Waals surface area (Å²) >= 11 is 0. The Morgan fingerprint density at radius 2 is 2.00 bits per heavy atom. The van der Waals surface area contributed by atoms with Crippen LogP contribution in [-0.2, 0) is 4.79 Å². The van der Waals surface area contributed by atoms with Crippen LogP contribution in [0.5, 0.6) is 0 Å². The van der Waals surface area contributed by atoms with Gasteiger partial charge in [0.05, 0.1) is 0 Å². The molecule has 2 aliphatic rings. The lowest BCUT2D eigenvalue weighted by molar-refractivity contribution is -0.122. The maximum atomic E-state index is 11.1. The summed E-state index contributed by atoms with van der Waals surface area (Å²) < 4.78 is 0. The molecule has 1 amide bonds. The molecule has 0 aromatic carbocycles. The predicted molar refractivity (Wildman–Crippen MR) is 65.2 cm³/mol. The third-order valence-electron chi connectivity index (χ3n) is 4.12. The number of nitrogens with one attached hydrogen (secondary N) is 2. The minimum Gasteiger partial charge on any atom is -0.355 e. The van der Waals surface area contributed by atoms with Gasteiger partial charge in [-0.1, -0.05) is 19.3 Å². The largest absolute Gasteiger partial charge is 0.355 e. The van der Waals surface area contributed by atoms with Crippen LogP contribution in [0.1, 0.15) is 51.9 Å². The van der Waals surface area contributed by atoms with E-state index in [-0.39, 0.29) is 5.91 Å². The maximum absolute atomic E-state index is 11.1. The first-order chi connectivity index (χ1) is 7.75. The van der Waals surface area contributed by atoms with Crippen LogP contribution in [0, 0.1) is 5.92 Å². The third-order valence-corrected chi connectivity index (χ3v) is 4.12. The normalized spacial score (nSPS) is 29.8. The molecular formula is C13H24N2O. The van der Waals surface area contributed by atoms with Gasteiger partial charge in [-0.05, 0) is 32.1 Å². The van der Waals surface area contributed by atoms with Gasteiger partial charge in [0.15, 0.2) is 0 Å². The van der Waals surface area contributed by atoms with E-state index in [9.17, 15) is 4.79 Å². The summed E-state index contributed by atoms with van der Waals surface area (Å²) in [5.74, 6) is 1.06. The number of rotatable bonds is 3. The summed E-state index contributed by atoms with van der Waals surface area (Å²) in [7, 11) is 0. The molecule has 16 heavy (non-hydrogen) atoms. The van der Waals surface area contributed by atoms with E-state index in [4.69, 9.17) is 0 Å². The summed E-state index contributed by atoms with van der Waals surface area (Å²) in [5.41, 5.74) is 0. The van der Waals surface area contributed by atoms with Gasteiger partial charge in [0.1, 0.15) is 0 Å². The van der Waals surface area contributed by atoms with Crippen LogP contribution in [0.2, 0.25) is 0 Å². The second-order valence-corrected chi connectivity index (χ2v) is 5.39. The molecule has 2 rings (SSSR count). The number of carbonyl (C=O) groups excluding carboxylic acids is 1. The number of piperidine rings is 1. The lowest BCUT2D eigenvalue weighted by Gasteiger charge is -2.33. The number of amides is 1. The highest BCUT2D eigenvalue weighted by Gasteiger charge is 2.24. The van der Waals surface area contributed by atoms with Crippen molar-refractivity contribution in [2.45, 2.75) is 64.0 Å². The molecule has 0 aromatic rings. The summed E-state index contributed by atoms with van der Waals surface area (Å²) in [6.07, 6.45) is 8.68. The summed E-state index contributed by atoms with van der Waals surface area (Å²) in [5, 5.41) is 6.63. The van der Waals surface area contributed by atoms with E-state index in [1.807, 2.05) is 0 Å². The molecule has 0 bridgehead atoms. The van der Waals surface area contributed by atoms with Gasteiger partial charge in [-0.25, -0.2) is 0 Å². The van der Waals surface area contributed by atoms with Gasteiger partial charge in [-0.2, -0.15) is 0 Å². The van der Waals surface area contributed by atoms with Crippen LogP contribution < -0.4 is 10.6 Å². The van der Waals surface area contributed by atoms with Gasteiger partial charge >= 0.3 is 0 Å². The number of hydrogen-bond acceptors (Lipinski definition) is 2. The van der Waals surface area contributed by atoms with Crippen molar-refractivity contribution in [3.8, 4) is 0 Å². The van der Waals surface area contributed by atoms with Gasteiger partial charge in [-0.3, -0.25) is 4.79 Å². The zero-order chi connectivity index (χ0) is 11.4. The van der Waals surface area contributed by atoms with E-state index in [2.05, 4.69) is 17.6 Å². The molecule has 0 spiro atoms. The van der Waals surface area contributed by atoms with Crippen LogP contribution in [0.15, 0.2) is 0 Å². The van der Waals surface area contributed by atoms with E-state index >= 15 is 0 Å². The maximum Gasteiger partial charge on any atom is 0.220 e. The van der Waals surface area contributed by atoms with Crippen molar-refractivity contribution in [1.82, 2.24) is 10.6 Å². The molecule has 0 aromatic heterocycles. The highest BCUT2D eigenvalue weighted by molar-refractivity contribution is 5.76. The third kappa shape index (κ3) is 3.21. The van der Waals surface area contributed by atoms with Gasteiger partial charge in [0.2, 0.25) is 5.91 Å². The van der Waals surface area contributed by atoms with Crippen molar-refractivity contribution in [2.75, 3.05) is 6.54 Å². The summed E-state index contributed by atoms with van der Waals surface area (Å²) in [6, 6.07) is 1.11. The van der Waals surface area contributed by atoms with Crippen molar-refractivity contribution in [2.24, 2.45) is 5.92 Å². The fraction of sp³-hybridized carbons (Fsp3) is 0.923. The topological polar surface area (TPSA) is 41.1 Å². The van der Waals surface area contributed by atoms with E-state index in [1.165, 1.54) is 32.1 Å². The van der Waals surface area contributed by atoms with Crippen LogP contribution in [0.25, 0.3) is 0 Å². The Bertz CT molecular complexity index is 226. The van der Waals surface area contributed by atoms with Gasteiger partial charge < -0.3 is 10.6 Å². The van der Waals surface area contributed by atoms with Crippen LogP contribution >= 0.6 is 0 Å². The van der Waals surface area contributed by atoms with Crippen molar-refractivity contribution >= 4 is 5.91 Å². The molecule has 2 unspecified atom stereocenters. The molecule has 2 N–H and O–H groups in total. The SMILES string of the molecule is CC(NC1CCC(=O)NC1)C1CCCCC1. The smallest absolute Gasteiger partial charge is 0.220 e. The second-order valence-electron chi connectivity index (χ2n) is 5.39. The molecule has 2 atom stereocenters. The van der Waals surface area contributed by atoms with E-state index in [0.29, 0.717) is 18.5 Å². The first-order valence-corrected chi connectivity index (χ1v) is 6.78. The average molecular weight is 224 g/mol. The molecule has 1 saturated carbocycles. The van der Waals surface area contributed by atoms with Crippen LogP contribution in [0.3, 0.4) is 0 Å². The van der Waals surface area contributed by atoms with Crippen LogP contribution in [-0.4, -0.2) is 24.5 Å². The van der Waals surface area contributed by atoms with E-state index in [1.54, 1.807) is 0 Å². The Labute approximate surface area is 98.4 Å². The lowest BCUT2D eigenvalue weighted by Crippen LogP contribution is -2.50. The fourth-order valence-electron chi connectivity index (χ4n) is 3.02. The molecule has 1 saturated heterocycles. The molecule has 1 aliphatic carbocycles. The summed E-state index contributed by atoms with van der Waals surface area (Å²) in [4.78, 5) is 11.1. The summed E-state index contributed by atoms with van der Waals surface area (Å²) in [6.45, 7) is 3.13. The molecule has 1 heterocycles. The molecular weight excluding hydrogens is 200 g/mol. The lowest BCUT2D eigenvalue weighted by atomic mass is 9.84. The van der Waals surface area contributed by atoms with E-state index in [0.717, 1.165) is 18.9 Å². The van der Waals surface area contributed by atoms with Crippen molar-refractivity contribution in [3.05, 3.63) is 0 Å². The number of hydrogen-bond donors (Lipinski definition) is 2. The Morgan fingerprint density at radius 3 is 2.62 bits per heavy atom. The molecule has 3 heteroatoms. The minimum atomic E-state index is 0.211. The predicted octanol–water partition coefficient (Wildman–Crippen LogP) is 1.82.